The summed E-state index contributed by atoms with van der Waals surface area (Å²) < 4.78 is 0. The average molecular weight is 222 g/mol. The van der Waals surface area contributed by atoms with Crippen LogP contribution in [0, 0.1) is 0 Å². The van der Waals surface area contributed by atoms with Crippen molar-refractivity contribution in [2.45, 2.75) is 44.8 Å². The smallest absolute Gasteiger partial charge is 0.303 e. The summed E-state index contributed by atoms with van der Waals surface area (Å²) in [6.45, 7) is 4.35. The van der Waals surface area contributed by atoms with E-state index in [1.165, 1.54) is 0 Å². The highest BCUT2D eigenvalue weighted by molar-refractivity contribution is 8.76. The molecule has 0 aliphatic rings. The Bertz CT molecular complexity index is 140. The van der Waals surface area contributed by atoms with Gasteiger partial charge in [-0.1, -0.05) is 41.9 Å². The lowest BCUT2D eigenvalue weighted by Crippen LogP contribution is -1.97. The third-order valence-electron chi connectivity index (χ3n) is 1.60. The Balaban J connectivity index is 3.16. The predicted molar refractivity (Wildman–Crippen MR) is 61.3 cm³/mol. The van der Waals surface area contributed by atoms with Crippen LogP contribution in [0.3, 0.4) is 0 Å². The highest BCUT2D eigenvalue weighted by Crippen LogP contribution is 2.28. The Hall–Kier alpha value is 0.170. The van der Waals surface area contributed by atoms with Crippen LogP contribution >= 0.6 is 21.6 Å². The monoisotopic (exact) mass is 222 g/mol. The molecule has 78 valence electrons. The molecule has 0 saturated heterocycles. The van der Waals surface area contributed by atoms with E-state index in [1.54, 1.807) is 0 Å². The molecule has 1 atom stereocenters. The summed E-state index contributed by atoms with van der Waals surface area (Å²) in [4.78, 5) is 10.2. The van der Waals surface area contributed by atoms with Crippen LogP contribution in [0.25, 0.3) is 0 Å². The van der Waals surface area contributed by atoms with E-state index in [1.807, 2.05) is 21.6 Å². The molecule has 0 aromatic heterocycles. The maximum absolute atomic E-state index is 10.2. The van der Waals surface area contributed by atoms with Crippen molar-refractivity contribution in [2.24, 2.45) is 0 Å². The number of hydrogen-bond donors (Lipinski definition) is 1. The first-order chi connectivity index (χ1) is 6.16. The highest BCUT2D eigenvalue weighted by Gasteiger charge is 2.03. The van der Waals surface area contributed by atoms with Crippen LogP contribution in [0.4, 0.5) is 0 Å². The maximum atomic E-state index is 10.2. The van der Waals surface area contributed by atoms with Crippen molar-refractivity contribution in [3.8, 4) is 0 Å². The number of carboxylic acids is 1. The minimum absolute atomic E-state index is 0.318. The van der Waals surface area contributed by atoms with Crippen LogP contribution in [0.2, 0.25) is 0 Å². The van der Waals surface area contributed by atoms with Crippen LogP contribution in [-0.4, -0.2) is 22.1 Å². The van der Waals surface area contributed by atoms with Crippen LogP contribution < -0.4 is 0 Å². The van der Waals surface area contributed by atoms with Gasteiger partial charge in [0.2, 0.25) is 0 Å². The summed E-state index contributed by atoms with van der Waals surface area (Å²) in [7, 11) is 3.79. The number of aliphatic carboxylic acids is 1. The summed E-state index contributed by atoms with van der Waals surface area (Å²) >= 11 is 0. The number of unbranched alkanes of at least 4 members (excludes halogenated alkanes) is 1. The minimum atomic E-state index is -0.678. The molecule has 13 heavy (non-hydrogen) atoms. The van der Waals surface area contributed by atoms with Gasteiger partial charge in [-0.2, -0.15) is 0 Å². The SMILES string of the molecule is CCSSC(C)CCCCC(=O)O. The lowest BCUT2D eigenvalue weighted by Gasteiger charge is -2.08. The zero-order chi connectivity index (χ0) is 10.1. The van der Waals surface area contributed by atoms with Crippen molar-refractivity contribution >= 4 is 27.6 Å². The van der Waals surface area contributed by atoms with Crippen molar-refractivity contribution in [1.29, 1.82) is 0 Å². The van der Waals surface area contributed by atoms with Gasteiger partial charge in [0.1, 0.15) is 0 Å². The topological polar surface area (TPSA) is 37.3 Å². The maximum Gasteiger partial charge on any atom is 0.303 e. The molecule has 0 aromatic rings. The van der Waals surface area contributed by atoms with Gasteiger partial charge >= 0.3 is 5.97 Å². The van der Waals surface area contributed by atoms with E-state index >= 15 is 0 Å². The van der Waals surface area contributed by atoms with Crippen molar-refractivity contribution in [3.63, 3.8) is 0 Å². The molecular formula is C9H18O2S2. The molecule has 0 radical (unpaired) electrons. The van der Waals surface area contributed by atoms with Gasteiger partial charge in [-0.3, -0.25) is 4.79 Å². The Morgan fingerprint density at radius 1 is 1.46 bits per heavy atom. The summed E-state index contributed by atoms with van der Waals surface area (Å²) in [6, 6.07) is 0. The van der Waals surface area contributed by atoms with Crippen molar-refractivity contribution in [3.05, 3.63) is 0 Å². The quantitative estimate of drug-likeness (QED) is 0.504. The molecule has 0 aliphatic heterocycles. The molecule has 0 fully saturated rings. The number of carbonyl (C=O) groups is 1. The lowest BCUT2D eigenvalue weighted by atomic mass is 10.1. The van der Waals surface area contributed by atoms with Gasteiger partial charge in [0.05, 0.1) is 0 Å². The Morgan fingerprint density at radius 3 is 2.69 bits per heavy atom. The lowest BCUT2D eigenvalue weighted by molar-refractivity contribution is -0.137. The average Bonchev–Trinajstić information content (AvgIpc) is 2.08. The van der Waals surface area contributed by atoms with E-state index in [4.69, 9.17) is 5.11 Å². The van der Waals surface area contributed by atoms with Gasteiger partial charge < -0.3 is 5.11 Å². The second-order valence-corrected chi connectivity index (χ2v) is 6.05. The van der Waals surface area contributed by atoms with E-state index in [0.717, 1.165) is 25.0 Å². The second-order valence-electron chi connectivity index (χ2n) is 2.95. The minimum Gasteiger partial charge on any atom is -0.481 e. The van der Waals surface area contributed by atoms with Crippen LogP contribution in [0.1, 0.15) is 39.5 Å². The number of carboxylic acid groups (broad SMARTS) is 1. The third kappa shape index (κ3) is 10.1. The zero-order valence-corrected chi connectivity index (χ0v) is 9.92. The van der Waals surface area contributed by atoms with Crippen LogP contribution in [-0.2, 0) is 4.79 Å². The number of hydrogen-bond acceptors (Lipinski definition) is 3. The van der Waals surface area contributed by atoms with Gasteiger partial charge in [-0.15, -0.1) is 0 Å². The van der Waals surface area contributed by atoms with E-state index < -0.39 is 5.97 Å². The molecule has 0 aromatic carbocycles. The Morgan fingerprint density at radius 2 is 2.15 bits per heavy atom. The highest BCUT2D eigenvalue weighted by atomic mass is 33.1. The Kier molecular flexibility index (Phi) is 8.87. The first kappa shape index (κ1) is 13.2. The fourth-order valence-electron chi connectivity index (χ4n) is 0.940. The molecule has 0 aliphatic carbocycles. The van der Waals surface area contributed by atoms with Gasteiger partial charge in [0, 0.05) is 17.4 Å². The first-order valence-electron chi connectivity index (χ1n) is 4.67. The van der Waals surface area contributed by atoms with E-state index in [2.05, 4.69) is 13.8 Å². The van der Waals surface area contributed by atoms with E-state index in [9.17, 15) is 4.79 Å². The van der Waals surface area contributed by atoms with Gasteiger partial charge in [-0.05, 0) is 12.8 Å². The molecule has 0 saturated carbocycles. The molecule has 0 rings (SSSR count). The molecule has 4 heteroatoms. The molecule has 0 heterocycles. The fourth-order valence-corrected chi connectivity index (χ4v) is 2.97. The van der Waals surface area contributed by atoms with E-state index in [-0.39, 0.29) is 0 Å². The van der Waals surface area contributed by atoms with Crippen molar-refractivity contribution < 1.29 is 9.90 Å². The van der Waals surface area contributed by atoms with Crippen molar-refractivity contribution in [2.75, 3.05) is 5.75 Å². The summed E-state index contributed by atoms with van der Waals surface area (Å²) in [6.07, 6.45) is 3.30. The zero-order valence-electron chi connectivity index (χ0n) is 8.28. The molecule has 1 unspecified atom stereocenters. The third-order valence-corrected chi connectivity index (χ3v) is 4.64. The summed E-state index contributed by atoms with van der Waals surface area (Å²) in [5.74, 6) is 0.465. The predicted octanol–water partition coefficient (Wildman–Crippen LogP) is 3.42. The Labute approximate surface area is 88.3 Å². The van der Waals surface area contributed by atoms with Gasteiger partial charge in [0.15, 0.2) is 0 Å². The fraction of sp³-hybridized carbons (Fsp3) is 0.889. The van der Waals surface area contributed by atoms with Gasteiger partial charge in [-0.25, -0.2) is 0 Å². The molecule has 0 amide bonds. The largest absolute Gasteiger partial charge is 0.481 e. The summed E-state index contributed by atoms with van der Waals surface area (Å²) in [5.41, 5.74) is 0. The molecular weight excluding hydrogens is 204 g/mol. The summed E-state index contributed by atoms with van der Waals surface area (Å²) in [5, 5.41) is 9.06. The molecule has 1 N–H and O–H groups in total. The van der Waals surface area contributed by atoms with Crippen molar-refractivity contribution in [1.82, 2.24) is 0 Å². The standard InChI is InChI=1S/C9H18O2S2/c1-3-12-13-8(2)6-4-5-7-9(10)11/h8H,3-7H2,1-2H3,(H,10,11). The second kappa shape index (κ2) is 8.75. The number of rotatable bonds is 8. The van der Waals surface area contributed by atoms with Crippen LogP contribution in [0.5, 0.6) is 0 Å². The normalized spacial score (nSPS) is 12.8. The molecule has 2 nitrogen and oxygen atoms in total. The van der Waals surface area contributed by atoms with Gasteiger partial charge in [0.25, 0.3) is 0 Å². The van der Waals surface area contributed by atoms with E-state index in [0.29, 0.717) is 11.7 Å². The molecule has 0 bridgehead atoms. The molecule has 0 spiro atoms. The van der Waals surface area contributed by atoms with Crippen LogP contribution in [0.15, 0.2) is 0 Å². The first-order valence-corrected chi connectivity index (χ1v) is 7.05.